The normalized spacial score (nSPS) is 12.4. The number of esters is 1. The van der Waals surface area contributed by atoms with E-state index in [0.29, 0.717) is 18.2 Å². The van der Waals surface area contributed by atoms with Crippen molar-refractivity contribution in [2.45, 2.75) is 52.6 Å². The zero-order chi connectivity index (χ0) is 15.0. The number of nitrogens with one attached hydrogen (secondary N) is 1. The monoisotopic (exact) mass is 277 g/mol. The summed E-state index contributed by atoms with van der Waals surface area (Å²) in [4.78, 5) is 11.7. The predicted molar refractivity (Wildman–Crippen MR) is 82.8 cm³/mol. The lowest BCUT2D eigenvalue weighted by atomic mass is 10.0. The second kappa shape index (κ2) is 8.75. The molecule has 0 aliphatic heterocycles. The Morgan fingerprint density at radius 1 is 1.20 bits per heavy atom. The molecule has 0 spiro atoms. The summed E-state index contributed by atoms with van der Waals surface area (Å²) in [7, 11) is 1.42. The lowest BCUT2D eigenvalue weighted by molar-refractivity contribution is 0.0599. The highest BCUT2D eigenvalue weighted by atomic mass is 16.5. The first-order chi connectivity index (χ1) is 9.54. The van der Waals surface area contributed by atoms with E-state index in [-0.39, 0.29) is 5.97 Å². The van der Waals surface area contributed by atoms with Gasteiger partial charge in [0.05, 0.1) is 12.7 Å². The maximum absolute atomic E-state index is 11.7. The van der Waals surface area contributed by atoms with Crippen molar-refractivity contribution in [3.8, 4) is 0 Å². The quantitative estimate of drug-likeness (QED) is 0.735. The Labute approximate surface area is 122 Å². The summed E-state index contributed by atoms with van der Waals surface area (Å²) in [6.45, 7) is 7.41. The van der Waals surface area contributed by atoms with Crippen molar-refractivity contribution in [1.29, 1.82) is 0 Å². The summed E-state index contributed by atoms with van der Waals surface area (Å²) in [5.74, 6) is 0.497. The number of rotatable bonds is 8. The molecule has 1 unspecified atom stereocenters. The van der Waals surface area contributed by atoms with Crippen LogP contribution in [0.1, 0.15) is 56.0 Å². The molecule has 112 valence electrons. The molecule has 0 aromatic heterocycles. The van der Waals surface area contributed by atoms with Crippen molar-refractivity contribution in [3.63, 3.8) is 0 Å². The number of methoxy groups -OCH3 is 1. The van der Waals surface area contributed by atoms with Gasteiger partial charge in [0.2, 0.25) is 0 Å². The molecule has 0 aliphatic carbocycles. The van der Waals surface area contributed by atoms with Crippen LogP contribution < -0.4 is 5.32 Å². The minimum atomic E-state index is -0.269. The van der Waals surface area contributed by atoms with Crippen LogP contribution in [0.25, 0.3) is 0 Å². The third-order valence-corrected chi connectivity index (χ3v) is 3.48. The molecule has 0 heterocycles. The van der Waals surface area contributed by atoms with Crippen LogP contribution in [0.4, 0.5) is 0 Å². The van der Waals surface area contributed by atoms with Gasteiger partial charge >= 0.3 is 5.97 Å². The van der Waals surface area contributed by atoms with Crippen LogP contribution >= 0.6 is 0 Å². The van der Waals surface area contributed by atoms with Gasteiger partial charge < -0.3 is 10.1 Å². The fourth-order valence-corrected chi connectivity index (χ4v) is 2.20. The Balaban J connectivity index is 2.47. The van der Waals surface area contributed by atoms with Crippen LogP contribution in [0.2, 0.25) is 0 Å². The van der Waals surface area contributed by atoms with Gasteiger partial charge in [-0.1, -0.05) is 44.9 Å². The molecule has 1 atom stereocenters. The molecule has 20 heavy (non-hydrogen) atoms. The molecule has 0 saturated heterocycles. The predicted octanol–water partition coefficient (Wildman–Crippen LogP) is 3.78. The zero-order valence-corrected chi connectivity index (χ0v) is 13.1. The summed E-state index contributed by atoms with van der Waals surface area (Å²) in [6.07, 6.45) is 3.67. The van der Waals surface area contributed by atoms with Gasteiger partial charge in [-0.15, -0.1) is 0 Å². The molecule has 3 nitrogen and oxygen atoms in total. The molecule has 0 amide bonds. The highest BCUT2D eigenvalue weighted by Gasteiger charge is 2.11. The van der Waals surface area contributed by atoms with Crippen molar-refractivity contribution < 1.29 is 9.53 Å². The van der Waals surface area contributed by atoms with Crippen LogP contribution in [0.3, 0.4) is 0 Å². The first kappa shape index (κ1) is 16.7. The van der Waals surface area contributed by atoms with Crippen molar-refractivity contribution in [2.24, 2.45) is 5.92 Å². The Bertz CT molecular complexity index is 415. The zero-order valence-electron chi connectivity index (χ0n) is 13.1. The van der Waals surface area contributed by atoms with Crippen molar-refractivity contribution >= 4 is 5.97 Å². The van der Waals surface area contributed by atoms with Crippen LogP contribution in [-0.2, 0) is 11.3 Å². The molecular weight excluding hydrogens is 250 g/mol. The van der Waals surface area contributed by atoms with E-state index in [2.05, 4.69) is 26.1 Å². The molecule has 1 rings (SSSR count). The van der Waals surface area contributed by atoms with E-state index in [4.69, 9.17) is 4.74 Å². The first-order valence-electron chi connectivity index (χ1n) is 7.44. The highest BCUT2D eigenvalue weighted by Crippen LogP contribution is 2.12. The smallest absolute Gasteiger partial charge is 0.338 e. The fourth-order valence-electron chi connectivity index (χ4n) is 2.20. The van der Waals surface area contributed by atoms with Gasteiger partial charge in [0.25, 0.3) is 0 Å². The largest absolute Gasteiger partial charge is 0.465 e. The van der Waals surface area contributed by atoms with E-state index in [1.54, 1.807) is 0 Å². The van der Waals surface area contributed by atoms with Gasteiger partial charge in [0, 0.05) is 12.6 Å². The molecule has 1 aromatic rings. The summed E-state index contributed by atoms with van der Waals surface area (Å²) in [5.41, 5.74) is 1.65. The molecule has 1 aromatic carbocycles. The number of ether oxygens (including phenoxy) is 1. The van der Waals surface area contributed by atoms with Gasteiger partial charge in [-0.2, -0.15) is 0 Å². The summed E-state index contributed by atoms with van der Waals surface area (Å²) in [5, 5.41) is 3.48. The number of hydrogen-bond donors (Lipinski definition) is 1. The Hall–Kier alpha value is -1.35. The molecule has 0 bridgehead atoms. The topological polar surface area (TPSA) is 38.3 Å². The standard InChI is InChI=1S/C17H27NO2/c1-13(2)8-7-9-14(3)18-12-15-10-5-6-11-16(15)17(19)20-4/h5-6,10-11,13-14,18H,7-9,12H2,1-4H3. The average molecular weight is 277 g/mol. The number of carbonyl (C=O) groups excluding carboxylic acids is 1. The first-order valence-corrected chi connectivity index (χ1v) is 7.44. The van der Waals surface area contributed by atoms with Crippen LogP contribution in [-0.4, -0.2) is 19.1 Å². The number of hydrogen-bond acceptors (Lipinski definition) is 3. The van der Waals surface area contributed by atoms with Crippen LogP contribution in [0.5, 0.6) is 0 Å². The van der Waals surface area contributed by atoms with E-state index in [0.717, 1.165) is 11.5 Å². The SMILES string of the molecule is COC(=O)c1ccccc1CNC(C)CCCC(C)C. The maximum atomic E-state index is 11.7. The summed E-state index contributed by atoms with van der Waals surface area (Å²) in [6, 6.07) is 8.06. The Morgan fingerprint density at radius 3 is 2.55 bits per heavy atom. The van der Waals surface area contributed by atoms with E-state index in [9.17, 15) is 4.79 Å². The van der Waals surface area contributed by atoms with Crippen molar-refractivity contribution in [2.75, 3.05) is 7.11 Å². The summed E-state index contributed by atoms with van der Waals surface area (Å²) < 4.78 is 4.81. The Kier molecular flexibility index (Phi) is 7.31. The van der Waals surface area contributed by atoms with Crippen molar-refractivity contribution in [1.82, 2.24) is 5.32 Å². The maximum Gasteiger partial charge on any atom is 0.338 e. The minimum Gasteiger partial charge on any atom is -0.465 e. The lowest BCUT2D eigenvalue weighted by Gasteiger charge is -2.15. The van der Waals surface area contributed by atoms with Gasteiger partial charge in [0.1, 0.15) is 0 Å². The third kappa shape index (κ3) is 5.74. The third-order valence-electron chi connectivity index (χ3n) is 3.48. The van der Waals surface area contributed by atoms with Gasteiger partial charge in [-0.3, -0.25) is 0 Å². The molecule has 0 fully saturated rings. The van der Waals surface area contributed by atoms with Gasteiger partial charge in [0.15, 0.2) is 0 Å². The van der Waals surface area contributed by atoms with E-state index >= 15 is 0 Å². The number of benzene rings is 1. The van der Waals surface area contributed by atoms with Gasteiger partial charge in [-0.05, 0) is 30.9 Å². The molecule has 1 N–H and O–H groups in total. The van der Waals surface area contributed by atoms with E-state index in [1.165, 1.54) is 26.4 Å². The van der Waals surface area contributed by atoms with E-state index < -0.39 is 0 Å². The van der Waals surface area contributed by atoms with Crippen LogP contribution in [0, 0.1) is 5.92 Å². The Morgan fingerprint density at radius 2 is 1.90 bits per heavy atom. The number of carbonyl (C=O) groups is 1. The van der Waals surface area contributed by atoms with Crippen molar-refractivity contribution in [3.05, 3.63) is 35.4 Å². The molecule has 0 radical (unpaired) electrons. The lowest BCUT2D eigenvalue weighted by Crippen LogP contribution is -2.26. The van der Waals surface area contributed by atoms with Gasteiger partial charge in [-0.25, -0.2) is 4.79 Å². The molecule has 3 heteroatoms. The van der Waals surface area contributed by atoms with Crippen LogP contribution in [0.15, 0.2) is 24.3 Å². The minimum absolute atomic E-state index is 0.269. The highest BCUT2D eigenvalue weighted by molar-refractivity contribution is 5.90. The molecule has 0 aliphatic rings. The molecular formula is C17H27NO2. The summed E-state index contributed by atoms with van der Waals surface area (Å²) >= 11 is 0. The second-order valence-electron chi connectivity index (χ2n) is 5.76. The molecule has 0 saturated carbocycles. The fraction of sp³-hybridized carbons (Fsp3) is 0.588. The second-order valence-corrected chi connectivity index (χ2v) is 5.76. The average Bonchev–Trinajstić information content (AvgIpc) is 2.44. The van der Waals surface area contributed by atoms with E-state index in [1.807, 2.05) is 24.3 Å².